The van der Waals surface area contributed by atoms with Crippen molar-refractivity contribution in [3.05, 3.63) is 83.3 Å². The Morgan fingerprint density at radius 2 is 1.85 bits per heavy atom. The summed E-state index contributed by atoms with van der Waals surface area (Å²) in [6.45, 7) is 11.6. The molecule has 3 heterocycles. The molecular weight excluding hydrogens is 613 g/mol. The van der Waals surface area contributed by atoms with E-state index in [1.165, 1.54) is 24.8 Å². The Hall–Kier alpha value is -4.55. The van der Waals surface area contributed by atoms with Crippen LogP contribution in [0, 0.1) is 19.3 Å². The molecule has 1 aliphatic carbocycles. The number of aryl methyl sites for hydroxylation is 2. The number of benzene rings is 2. The molecule has 3 N–H and O–H groups in total. The first kappa shape index (κ1) is 32.4. The first-order valence-electron chi connectivity index (χ1n) is 15.8. The van der Waals surface area contributed by atoms with Crippen LogP contribution in [0.4, 0.5) is 5.95 Å². The van der Waals surface area contributed by atoms with Gasteiger partial charge >= 0.3 is 5.97 Å². The number of fused-ring (bicyclic) bond motifs is 1. The number of carbonyl (C=O) groups is 1. The molecule has 1 saturated carbocycles. The standard InChI is InChI=1S/C35H40N8O3S/c1-21(2)43-19-29-32(41-43)38-26(18-37-29)17-36-25(16-35(5)12-13-35)20-46-30-15-28(31-22(3)8-6-9-23(31)4)39-34(40-30)42-47-27-11-7-10-24(14-27)33(44)45/h6-11,14-15,18-19,21,25,36H,12-13,16-17,20H2,1-5H3,(H,44,45)(H,39,40,42). The van der Waals surface area contributed by atoms with Crippen LogP contribution in [0.5, 0.6) is 5.88 Å². The lowest BCUT2D eigenvalue weighted by Gasteiger charge is -2.22. The Morgan fingerprint density at radius 3 is 2.57 bits per heavy atom. The van der Waals surface area contributed by atoms with Gasteiger partial charge in [0, 0.05) is 35.2 Å². The van der Waals surface area contributed by atoms with Crippen LogP contribution in [-0.4, -0.2) is 53.4 Å². The normalized spacial score (nSPS) is 14.3. The van der Waals surface area contributed by atoms with E-state index in [0.717, 1.165) is 44.9 Å². The van der Waals surface area contributed by atoms with Crippen LogP contribution in [0.15, 0.2) is 65.8 Å². The van der Waals surface area contributed by atoms with Gasteiger partial charge in [-0.25, -0.2) is 19.7 Å². The molecule has 0 radical (unpaired) electrons. The largest absolute Gasteiger partial charge is 0.478 e. The number of carboxylic acid groups (broad SMARTS) is 1. The lowest BCUT2D eigenvalue weighted by atomic mass is 9.99. The second-order valence-corrected chi connectivity index (χ2v) is 13.8. The summed E-state index contributed by atoms with van der Waals surface area (Å²) in [6, 6.07) is 15.1. The molecule has 2 aromatic carbocycles. The van der Waals surface area contributed by atoms with Gasteiger partial charge in [-0.15, -0.1) is 0 Å². The van der Waals surface area contributed by atoms with Gasteiger partial charge in [0.05, 0.1) is 29.3 Å². The lowest BCUT2D eigenvalue weighted by Crippen LogP contribution is -2.36. The fourth-order valence-corrected chi connectivity index (χ4v) is 6.16. The number of hydrogen-bond acceptors (Lipinski definition) is 10. The van der Waals surface area contributed by atoms with Crippen LogP contribution < -0.4 is 14.8 Å². The highest BCUT2D eigenvalue weighted by Crippen LogP contribution is 2.49. The zero-order chi connectivity index (χ0) is 33.1. The molecule has 0 bridgehead atoms. The first-order chi connectivity index (χ1) is 22.5. The number of ether oxygens (including phenoxy) is 1. The number of nitrogens with one attached hydrogen (secondary N) is 2. The molecule has 244 valence electrons. The van der Waals surface area contributed by atoms with Crippen molar-refractivity contribution in [2.24, 2.45) is 5.41 Å². The lowest BCUT2D eigenvalue weighted by molar-refractivity contribution is 0.0696. The summed E-state index contributed by atoms with van der Waals surface area (Å²) in [5, 5.41) is 17.7. The van der Waals surface area contributed by atoms with Gasteiger partial charge in [0.2, 0.25) is 11.8 Å². The SMILES string of the molecule is Cc1cccc(C)c1-c1cc(OCC(CC2(C)CC2)NCc2cnc3cn(C(C)C)nc3n2)nc(NSc2cccc(C(=O)O)c2)n1. The van der Waals surface area contributed by atoms with Gasteiger partial charge in [0.1, 0.15) is 12.1 Å². The summed E-state index contributed by atoms with van der Waals surface area (Å²) in [7, 11) is 0. The summed E-state index contributed by atoms with van der Waals surface area (Å²) < 4.78 is 11.5. The molecule has 1 aliphatic rings. The summed E-state index contributed by atoms with van der Waals surface area (Å²) in [4.78, 5) is 31.1. The Labute approximate surface area is 278 Å². The monoisotopic (exact) mass is 652 g/mol. The Morgan fingerprint density at radius 1 is 1.09 bits per heavy atom. The van der Waals surface area contributed by atoms with Gasteiger partial charge < -0.3 is 15.2 Å². The smallest absolute Gasteiger partial charge is 0.335 e. The summed E-state index contributed by atoms with van der Waals surface area (Å²) in [5.74, 6) is -0.156. The minimum Gasteiger partial charge on any atom is -0.478 e. The zero-order valence-corrected chi connectivity index (χ0v) is 28.1. The van der Waals surface area contributed by atoms with Gasteiger partial charge in [0.15, 0.2) is 5.65 Å². The average Bonchev–Trinajstić information content (AvgIpc) is 3.61. The highest BCUT2D eigenvalue weighted by atomic mass is 32.2. The van der Waals surface area contributed by atoms with E-state index in [-0.39, 0.29) is 23.1 Å². The van der Waals surface area contributed by atoms with Crippen LogP contribution >= 0.6 is 11.9 Å². The fourth-order valence-electron chi connectivity index (χ4n) is 5.53. The predicted molar refractivity (Wildman–Crippen MR) is 184 cm³/mol. The van der Waals surface area contributed by atoms with Crippen molar-refractivity contribution < 1.29 is 14.6 Å². The van der Waals surface area contributed by atoms with Crippen LogP contribution in [-0.2, 0) is 6.54 Å². The third-order valence-corrected chi connectivity index (χ3v) is 9.23. The van der Waals surface area contributed by atoms with E-state index in [0.29, 0.717) is 30.6 Å². The molecule has 5 aromatic rings. The highest BCUT2D eigenvalue weighted by Gasteiger charge is 2.39. The number of aromatic carboxylic acids is 1. The molecule has 0 amide bonds. The van der Waals surface area contributed by atoms with Gasteiger partial charge in [-0.2, -0.15) is 10.1 Å². The van der Waals surface area contributed by atoms with E-state index in [1.807, 2.05) is 29.1 Å². The van der Waals surface area contributed by atoms with E-state index >= 15 is 0 Å². The average molecular weight is 653 g/mol. The van der Waals surface area contributed by atoms with E-state index < -0.39 is 5.97 Å². The topological polar surface area (TPSA) is 140 Å². The summed E-state index contributed by atoms with van der Waals surface area (Å²) in [6.07, 6.45) is 7.09. The maximum Gasteiger partial charge on any atom is 0.335 e. The molecule has 1 unspecified atom stereocenters. The van der Waals surface area contributed by atoms with E-state index in [9.17, 15) is 9.90 Å². The van der Waals surface area contributed by atoms with Crippen LogP contribution in [0.1, 0.15) is 73.3 Å². The molecule has 3 aromatic heterocycles. The Balaban J connectivity index is 1.21. The number of anilines is 1. The third-order valence-electron chi connectivity index (χ3n) is 8.45. The molecule has 11 nitrogen and oxygen atoms in total. The van der Waals surface area contributed by atoms with Crippen LogP contribution in [0.2, 0.25) is 0 Å². The minimum atomic E-state index is -0.978. The molecule has 12 heteroatoms. The van der Waals surface area contributed by atoms with E-state index in [2.05, 4.69) is 66.9 Å². The first-order valence-corrected chi connectivity index (χ1v) is 16.7. The van der Waals surface area contributed by atoms with Gasteiger partial charge in [-0.3, -0.25) is 9.40 Å². The maximum atomic E-state index is 11.5. The molecule has 0 spiro atoms. The van der Waals surface area contributed by atoms with Crippen molar-refractivity contribution in [2.45, 2.75) is 77.4 Å². The highest BCUT2D eigenvalue weighted by molar-refractivity contribution is 8.00. The van der Waals surface area contributed by atoms with Crippen molar-refractivity contribution in [3.63, 3.8) is 0 Å². The molecule has 1 fully saturated rings. The molecule has 1 atom stereocenters. The maximum absolute atomic E-state index is 11.5. The minimum absolute atomic E-state index is 0.0522. The van der Waals surface area contributed by atoms with Crippen LogP contribution in [0.3, 0.4) is 0 Å². The molecule has 0 saturated heterocycles. The quantitative estimate of drug-likeness (QED) is 0.107. The predicted octanol–water partition coefficient (Wildman–Crippen LogP) is 7.03. The zero-order valence-electron chi connectivity index (χ0n) is 27.3. The summed E-state index contributed by atoms with van der Waals surface area (Å²) >= 11 is 1.25. The summed E-state index contributed by atoms with van der Waals surface area (Å²) in [5.41, 5.74) is 6.72. The van der Waals surface area contributed by atoms with Gasteiger partial charge in [-0.05, 0) is 93.6 Å². The number of carboxylic acids is 1. The van der Waals surface area contributed by atoms with Crippen LogP contribution in [0.25, 0.3) is 22.4 Å². The van der Waals surface area contributed by atoms with Crippen molar-refractivity contribution >= 4 is 35.0 Å². The molecular formula is C35H40N8O3S. The number of nitrogens with zero attached hydrogens (tertiary/aromatic N) is 6. The van der Waals surface area contributed by atoms with Crippen molar-refractivity contribution in [3.8, 4) is 17.1 Å². The Kier molecular flexibility index (Phi) is 9.42. The van der Waals surface area contributed by atoms with E-state index in [1.54, 1.807) is 24.4 Å². The molecule has 0 aliphatic heterocycles. The number of aromatic nitrogens is 6. The van der Waals surface area contributed by atoms with Crippen molar-refractivity contribution in [1.82, 2.24) is 35.0 Å². The second-order valence-electron chi connectivity index (χ2n) is 12.9. The van der Waals surface area contributed by atoms with E-state index in [4.69, 9.17) is 19.7 Å². The number of rotatable bonds is 14. The van der Waals surface area contributed by atoms with Gasteiger partial charge in [-0.1, -0.05) is 31.2 Å². The molecule has 6 rings (SSSR count). The fraction of sp³-hybridized carbons (Fsp3) is 0.371. The Bertz CT molecular complexity index is 1890. The number of hydrogen-bond donors (Lipinski definition) is 3. The second kappa shape index (κ2) is 13.7. The molecule has 47 heavy (non-hydrogen) atoms. The van der Waals surface area contributed by atoms with Gasteiger partial charge in [0.25, 0.3) is 0 Å². The van der Waals surface area contributed by atoms with Crippen molar-refractivity contribution in [1.29, 1.82) is 0 Å². The third kappa shape index (κ3) is 8.06. The van der Waals surface area contributed by atoms with Crippen molar-refractivity contribution in [2.75, 3.05) is 11.3 Å².